The van der Waals surface area contributed by atoms with E-state index < -0.39 is 0 Å². The van der Waals surface area contributed by atoms with Gasteiger partial charge in [0.05, 0.1) is 17.7 Å². The van der Waals surface area contributed by atoms with Crippen molar-refractivity contribution < 1.29 is 5.11 Å². The van der Waals surface area contributed by atoms with Gasteiger partial charge in [-0.05, 0) is 37.1 Å². The summed E-state index contributed by atoms with van der Waals surface area (Å²) < 4.78 is 0. The molecule has 0 spiro atoms. The van der Waals surface area contributed by atoms with Crippen molar-refractivity contribution in [3.63, 3.8) is 0 Å². The third-order valence-electron chi connectivity index (χ3n) is 4.03. The van der Waals surface area contributed by atoms with Crippen molar-refractivity contribution in [2.24, 2.45) is 0 Å². The first-order valence-corrected chi connectivity index (χ1v) is 6.76. The zero-order valence-corrected chi connectivity index (χ0v) is 10.9. The Kier molecular flexibility index (Phi) is 3.03. The number of benzene rings is 1. The van der Waals surface area contributed by atoms with Gasteiger partial charge in [-0.25, -0.2) is 0 Å². The van der Waals surface area contributed by atoms with E-state index in [1.807, 2.05) is 24.3 Å². The lowest BCUT2D eigenvalue weighted by molar-refractivity contribution is 0.214. The zero-order chi connectivity index (χ0) is 13.3. The number of aliphatic hydroxyl groups excluding tert-OH is 1. The molecule has 1 aliphatic carbocycles. The summed E-state index contributed by atoms with van der Waals surface area (Å²) in [6.45, 7) is 0.172. The molecule has 1 aromatic heterocycles. The minimum Gasteiger partial charge on any atom is -0.399 e. The number of aromatic nitrogens is 1. The molecule has 1 saturated carbocycles. The highest BCUT2D eigenvalue weighted by Crippen LogP contribution is 2.34. The van der Waals surface area contributed by atoms with Crippen LogP contribution < -0.4 is 11.1 Å². The number of nitrogens with zero attached hydrogens (tertiary/aromatic N) is 1. The molecule has 0 amide bonds. The van der Waals surface area contributed by atoms with Crippen molar-refractivity contribution >= 4 is 22.3 Å². The van der Waals surface area contributed by atoms with Gasteiger partial charge in [0.2, 0.25) is 0 Å². The van der Waals surface area contributed by atoms with Crippen LogP contribution in [0.5, 0.6) is 0 Å². The Morgan fingerprint density at radius 3 is 2.79 bits per heavy atom. The summed E-state index contributed by atoms with van der Waals surface area (Å²) in [7, 11) is 0. The Morgan fingerprint density at radius 2 is 2.05 bits per heavy atom. The lowest BCUT2D eigenvalue weighted by Gasteiger charge is -2.29. The number of pyridine rings is 1. The van der Waals surface area contributed by atoms with Crippen LogP contribution in [0.3, 0.4) is 0 Å². The standard InChI is InChI=1S/C15H19N3O/c16-11-3-4-12-13(5-8-17-14(12)9-11)18-15(10-19)6-1-2-7-15/h3-5,8-9,19H,1-2,6-7,10,16H2,(H,17,18). The second kappa shape index (κ2) is 4.70. The van der Waals surface area contributed by atoms with Crippen LogP contribution in [0.2, 0.25) is 0 Å². The average Bonchev–Trinajstić information content (AvgIpc) is 2.88. The van der Waals surface area contributed by atoms with Crippen LogP contribution in [0.25, 0.3) is 10.9 Å². The van der Waals surface area contributed by atoms with Gasteiger partial charge in [-0.2, -0.15) is 0 Å². The molecule has 4 heteroatoms. The van der Waals surface area contributed by atoms with Gasteiger partial charge in [-0.1, -0.05) is 12.8 Å². The predicted octanol–water partition coefficient (Wildman–Crippen LogP) is 2.53. The number of hydrogen-bond donors (Lipinski definition) is 3. The summed E-state index contributed by atoms with van der Waals surface area (Å²) in [4.78, 5) is 4.34. The molecule has 0 aliphatic heterocycles. The maximum atomic E-state index is 9.70. The third-order valence-corrected chi connectivity index (χ3v) is 4.03. The number of fused-ring (bicyclic) bond motifs is 1. The Hall–Kier alpha value is -1.81. The normalized spacial score (nSPS) is 17.7. The molecule has 2 aromatic rings. The Balaban J connectivity index is 2.01. The molecule has 0 radical (unpaired) electrons. The summed E-state index contributed by atoms with van der Waals surface area (Å²) in [5.74, 6) is 0. The fourth-order valence-corrected chi connectivity index (χ4v) is 2.93. The molecule has 1 aromatic carbocycles. The molecule has 1 heterocycles. The smallest absolute Gasteiger partial charge is 0.0743 e. The number of nitrogens with two attached hydrogens (primary N) is 1. The number of nitrogens with one attached hydrogen (secondary N) is 1. The maximum Gasteiger partial charge on any atom is 0.0743 e. The van der Waals surface area contributed by atoms with Crippen LogP contribution >= 0.6 is 0 Å². The van der Waals surface area contributed by atoms with Crippen LogP contribution in [-0.2, 0) is 0 Å². The topological polar surface area (TPSA) is 71.2 Å². The predicted molar refractivity (Wildman–Crippen MR) is 78.1 cm³/mol. The van der Waals surface area contributed by atoms with Gasteiger partial charge in [0.25, 0.3) is 0 Å². The Morgan fingerprint density at radius 1 is 1.26 bits per heavy atom. The van der Waals surface area contributed by atoms with E-state index in [0.717, 1.165) is 35.1 Å². The van der Waals surface area contributed by atoms with Crippen molar-refractivity contribution in [1.82, 2.24) is 4.98 Å². The van der Waals surface area contributed by atoms with Gasteiger partial charge >= 0.3 is 0 Å². The van der Waals surface area contributed by atoms with Crippen LogP contribution in [0.4, 0.5) is 11.4 Å². The van der Waals surface area contributed by atoms with Crippen molar-refractivity contribution in [3.8, 4) is 0 Å². The fourth-order valence-electron chi connectivity index (χ4n) is 2.93. The minimum atomic E-state index is -0.171. The van der Waals surface area contributed by atoms with E-state index in [1.165, 1.54) is 12.8 Å². The largest absolute Gasteiger partial charge is 0.399 e. The van der Waals surface area contributed by atoms with Gasteiger partial charge < -0.3 is 16.2 Å². The summed E-state index contributed by atoms with van der Waals surface area (Å²) >= 11 is 0. The molecule has 3 rings (SSSR count). The molecule has 0 bridgehead atoms. The second-order valence-electron chi connectivity index (χ2n) is 5.41. The molecule has 0 atom stereocenters. The summed E-state index contributed by atoms with van der Waals surface area (Å²) in [6.07, 6.45) is 6.15. The van der Waals surface area contributed by atoms with Crippen LogP contribution in [0.1, 0.15) is 25.7 Å². The SMILES string of the molecule is Nc1ccc2c(NC3(CO)CCCC3)ccnc2c1. The molecular weight excluding hydrogens is 238 g/mol. The van der Waals surface area contributed by atoms with E-state index in [-0.39, 0.29) is 12.1 Å². The summed E-state index contributed by atoms with van der Waals surface area (Å²) in [5.41, 5.74) is 8.25. The Labute approximate surface area is 112 Å². The van der Waals surface area contributed by atoms with Crippen LogP contribution in [-0.4, -0.2) is 22.2 Å². The minimum absolute atomic E-state index is 0.171. The number of nitrogen functional groups attached to an aromatic ring is 1. The molecule has 0 saturated heterocycles. The maximum absolute atomic E-state index is 9.70. The van der Waals surface area contributed by atoms with Crippen molar-refractivity contribution in [2.45, 2.75) is 31.2 Å². The third kappa shape index (κ3) is 2.24. The van der Waals surface area contributed by atoms with Gasteiger partial charge in [0, 0.05) is 23.0 Å². The quantitative estimate of drug-likeness (QED) is 0.739. The summed E-state index contributed by atoms with van der Waals surface area (Å²) in [6, 6.07) is 7.71. The molecule has 19 heavy (non-hydrogen) atoms. The van der Waals surface area contributed by atoms with E-state index in [1.54, 1.807) is 6.20 Å². The lowest BCUT2D eigenvalue weighted by Crippen LogP contribution is -2.39. The molecule has 0 unspecified atom stereocenters. The summed E-state index contributed by atoms with van der Waals surface area (Å²) in [5, 5.41) is 14.3. The van der Waals surface area contributed by atoms with Gasteiger partial charge in [-0.3, -0.25) is 4.98 Å². The molecule has 4 nitrogen and oxygen atoms in total. The number of aliphatic hydroxyl groups is 1. The Bertz CT molecular complexity index is 591. The highest BCUT2D eigenvalue weighted by atomic mass is 16.3. The number of anilines is 2. The highest BCUT2D eigenvalue weighted by molar-refractivity contribution is 5.93. The van der Waals surface area contributed by atoms with Gasteiger partial charge in [0.1, 0.15) is 0 Å². The van der Waals surface area contributed by atoms with E-state index in [9.17, 15) is 5.11 Å². The van der Waals surface area contributed by atoms with Crippen molar-refractivity contribution in [3.05, 3.63) is 30.5 Å². The van der Waals surface area contributed by atoms with E-state index in [4.69, 9.17) is 5.73 Å². The first-order chi connectivity index (χ1) is 9.22. The monoisotopic (exact) mass is 257 g/mol. The lowest BCUT2D eigenvalue weighted by atomic mass is 9.98. The van der Waals surface area contributed by atoms with Crippen molar-refractivity contribution in [1.29, 1.82) is 0 Å². The van der Waals surface area contributed by atoms with Crippen LogP contribution in [0.15, 0.2) is 30.5 Å². The van der Waals surface area contributed by atoms with Gasteiger partial charge in [-0.15, -0.1) is 0 Å². The number of rotatable bonds is 3. The fraction of sp³-hybridized carbons (Fsp3) is 0.400. The average molecular weight is 257 g/mol. The first-order valence-electron chi connectivity index (χ1n) is 6.76. The first kappa shape index (κ1) is 12.2. The van der Waals surface area contributed by atoms with Crippen LogP contribution in [0, 0.1) is 0 Å². The molecular formula is C15H19N3O. The molecule has 1 fully saturated rings. The highest BCUT2D eigenvalue weighted by Gasteiger charge is 2.33. The van der Waals surface area contributed by atoms with E-state index in [2.05, 4.69) is 10.3 Å². The zero-order valence-electron chi connectivity index (χ0n) is 10.9. The van der Waals surface area contributed by atoms with E-state index in [0.29, 0.717) is 0 Å². The van der Waals surface area contributed by atoms with E-state index >= 15 is 0 Å². The molecule has 100 valence electrons. The molecule has 4 N–H and O–H groups in total. The second-order valence-corrected chi connectivity index (χ2v) is 5.41. The molecule has 1 aliphatic rings. The van der Waals surface area contributed by atoms with Crippen molar-refractivity contribution in [2.75, 3.05) is 17.7 Å². The number of hydrogen-bond acceptors (Lipinski definition) is 4. The van der Waals surface area contributed by atoms with Gasteiger partial charge in [0.15, 0.2) is 0 Å².